The van der Waals surface area contributed by atoms with Gasteiger partial charge in [-0.05, 0) is 26.7 Å². The Morgan fingerprint density at radius 2 is 1.92 bits per heavy atom. The Bertz CT molecular complexity index is 232. The van der Waals surface area contributed by atoms with Gasteiger partial charge in [-0.2, -0.15) is 0 Å². The van der Waals surface area contributed by atoms with Gasteiger partial charge in [0, 0.05) is 6.04 Å². The lowest BCUT2D eigenvalue weighted by Crippen LogP contribution is -2.55. The summed E-state index contributed by atoms with van der Waals surface area (Å²) in [4.78, 5) is 22.7. The molecule has 3 N–H and O–H groups in total. The average Bonchev–Trinajstić information content (AvgIpc) is 1.79. The zero-order chi connectivity index (χ0) is 10.1. The lowest BCUT2D eigenvalue weighted by Gasteiger charge is -2.37. The molecule has 0 saturated heterocycles. The van der Waals surface area contributed by atoms with Gasteiger partial charge in [0.15, 0.2) is 0 Å². The van der Waals surface area contributed by atoms with Gasteiger partial charge in [0.25, 0.3) is 0 Å². The van der Waals surface area contributed by atoms with Gasteiger partial charge >= 0.3 is 0 Å². The molecule has 0 spiro atoms. The van der Waals surface area contributed by atoms with Crippen molar-refractivity contribution in [3.63, 3.8) is 0 Å². The van der Waals surface area contributed by atoms with Crippen molar-refractivity contribution in [3.8, 4) is 0 Å². The highest BCUT2D eigenvalue weighted by Gasteiger charge is 2.49. The van der Waals surface area contributed by atoms with E-state index in [-0.39, 0.29) is 11.9 Å². The summed E-state index contributed by atoms with van der Waals surface area (Å²) >= 11 is 0. The molecule has 1 saturated carbocycles. The zero-order valence-corrected chi connectivity index (χ0v) is 8.09. The summed E-state index contributed by atoms with van der Waals surface area (Å²) in [5.74, 6) is -0.696. The SMILES string of the molecule is CC(C)NC(=O)C1(C(N)=O)CCC1. The number of amides is 2. The molecule has 0 aliphatic heterocycles. The summed E-state index contributed by atoms with van der Waals surface area (Å²) in [5.41, 5.74) is 4.31. The van der Waals surface area contributed by atoms with Crippen LogP contribution in [0.15, 0.2) is 0 Å². The van der Waals surface area contributed by atoms with Crippen molar-refractivity contribution < 1.29 is 9.59 Å². The highest BCUT2D eigenvalue weighted by Crippen LogP contribution is 2.40. The summed E-state index contributed by atoms with van der Waals surface area (Å²) in [6, 6.07) is 0.0596. The van der Waals surface area contributed by atoms with Crippen LogP contribution in [-0.4, -0.2) is 17.9 Å². The average molecular weight is 184 g/mol. The Kier molecular flexibility index (Phi) is 2.59. The minimum absolute atomic E-state index is 0.0596. The zero-order valence-electron chi connectivity index (χ0n) is 8.09. The van der Waals surface area contributed by atoms with E-state index in [1.54, 1.807) is 0 Å². The predicted molar refractivity (Wildman–Crippen MR) is 48.8 cm³/mol. The van der Waals surface area contributed by atoms with E-state index in [1.807, 2.05) is 13.8 Å². The van der Waals surface area contributed by atoms with Crippen LogP contribution in [0.25, 0.3) is 0 Å². The molecule has 1 fully saturated rings. The first-order chi connectivity index (χ1) is 5.99. The number of carbonyl (C=O) groups excluding carboxylic acids is 2. The normalized spacial score (nSPS) is 19.3. The van der Waals surface area contributed by atoms with Crippen LogP contribution >= 0.6 is 0 Å². The largest absolute Gasteiger partial charge is 0.369 e. The first-order valence-electron chi connectivity index (χ1n) is 4.60. The molecule has 0 aromatic heterocycles. The maximum atomic E-state index is 11.6. The monoisotopic (exact) mass is 184 g/mol. The van der Waals surface area contributed by atoms with Gasteiger partial charge in [0.05, 0.1) is 0 Å². The van der Waals surface area contributed by atoms with E-state index >= 15 is 0 Å². The minimum Gasteiger partial charge on any atom is -0.369 e. The Hall–Kier alpha value is -1.06. The van der Waals surface area contributed by atoms with Crippen molar-refractivity contribution in [1.29, 1.82) is 0 Å². The molecular formula is C9H16N2O2. The minimum atomic E-state index is -0.899. The van der Waals surface area contributed by atoms with E-state index in [0.717, 1.165) is 6.42 Å². The van der Waals surface area contributed by atoms with Gasteiger partial charge in [0.1, 0.15) is 5.41 Å². The van der Waals surface area contributed by atoms with Crippen molar-refractivity contribution >= 4 is 11.8 Å². The van der Waals surface area contributed by atoms with Gasteiger partial charge in [0.2, 0.25) is 11.8 Å². The van der Waals surface area contributed by atoms with E-state index in [0.29, 0.717) is 12.8 Å². The number of rotatable bonds is 3. The van der Waals surface area contributed by atoms with Crippen molar-refractivity contribution in [2.24, 2.45) is 11.1 Å². The molecule has 0 unspecified atom stereocenters. The van der Waals surface area contributed by atoms with Gasteiger partial charge in [-0.15, -0.1) is 0 Å². The van der Waals surface area contributed by atoms with Crippen LogP contribution in [0.4, 0.5) is 0 Å². The number of primary amides is 1. The molecule has 4 heteroatoms. The van der Waals surface area contributed by atoms with Crippen LogP contribution < -0.4 is 11.1 Å². The second-order valence-corrected chi connectivity index (χ2v) is 3.93. The standard InChI is InChI=1S/C9H16N2O2/c1-6(2)11-8(13)9(7(10)12)4-3-5-9/h6H,3-5H2,1-2H3,(H2,10,12)(H,11,13). The first kappa shape index (κ1) is 10.0. The molecular weight excluding hydrogens is 168 g/mol. The number of carbonyl (C=O) groups is 2. The summed E-state index contributed by atoms with van der Waals surface area (Å²) < 4.78 is 0. The van der Waals surface area contributed by atoms with E-state index < -0.39 is 11.3 Å². The van der Waals surface area contributed by atoms with Crippen molar-refractivity contribution in [2.75, 3.05) is 0 Å². The summed E-state index contributed by atoms with van der Waals surface area (Å²) in [6.07, 6.45) is 2.11. The molecule has 2 amide bonds. The Labute approximate surface area is 77.9 Å². The lowest BCUT2D eigenvalue weighted by molar-refractivity contribution is -0.147. The maximum absolute atomic E-state index is 11.6. The third kappa shape index (κ3) is 1.66. The molecule has 1 rings (SSSR count). The highest BCUT2D eigenvalue weighted by molar-refractivity contribution is 6.05. The number of hydrogen-bond acceptors (Lipinski definition) is 2. The molecule has 0 bridgehead atoms. The molecule has 74 valence electrons. The quantitative estimate of drug-likeness (QED) is 0.613. The Balaban J connectivity index is 2.66. The van der Waals surface area contributed by atoms with Crippen molar-refractivity contribution in [3.05, 3.63) is 0 Å². The van der Waals surface area contributed by atoms with Crippen LogP contribution in [0.1, 0.15) is 33.1 Å². The smallest absolute Gasteiger partial charge is 0.235 e. The number of hydrogen-bond donors (Lipinski definition) is 2. The highest BCUT2D eigenvalue weighted by atomic mass is 16.2. The van der Waals surface area contributed by atoms with Crippen molar-refractivity contribution in [2.45, 2.75) is 39.2 Å². The summed E-state index contributed by atoms with van der Waals surface area (Å²) in [6.45, 7) is 3.73. The number of nitrogens with two attached hydrogens (primary N) is 1. The van der Waals surface area contributed by atoms with Crippen LogP contribution in [0.2, 0.25) is 0 Å². The second kappa shape index (κ2) is 3.36. The third-order valence-corrected chi connectivity index (χ3v) is 2.53. The van der Waals surface area contributed by atoms with Crippen molar-refractivity contribution in [1.82, 2.24) is 5.32 Å². The molecule has 1 aliphatic rings. The molecule has 4 nitrogen and oxygen atoms in total. The molecule has 1 aliphatic carbocycles. The maximum Gasteiger partial charge on any atom is 0.235 e. The second-order valence-electron chi connectivity index (χ2n) is 3.93. The van der Waals surface area contributed by atoms with Crippen LogP contribution in [-0.2, 0) is 9.59 Å². The topological polar surface area (TPSA) is 72.2 Å². The Morgan fingerprint density at radius 3 is 2.15 bits per heavy atom. The summed E-state index contributed by atoms with van der Waals surface area (Å²) in [5, 5.41) is 2.73. The molecule has 0 aromatic rings. The third-order valence-electron chi connectivity index (χ3n) is 2.53. The molecule has 0 aromatic carbocycles. The molecule has 0 heterocycles. The molecule has 0 atom stereocenters. The summed E-state index contributed by atoms with van der Waals surface area (Å²) in [7, 11) is 0. The van der Waals surface area contributed by atoms with E-state index in [1.165, 1.54) is 0 Å². The fraction of sp³-hybridized carbons (Fsp3) is 0.778. The van der Waals surface area contributed by atoms with Crippen LogP contribution in [0.5, 0.6) is 0 Å². The molecule has 0 radical (unpaired) electrons. The Morgan fingerprint density at radius 1 is 1.38 bits per heavy atom. The predicted octanol–water partition coefficient (Wildman–Crippen LogP) is 0.167. The molecule has 13 heavy (non-hydrogen) atoms. The van der Waals surface area contributed by atoms with Crippen LogP contribution in [0.3, 0.4) is 0 Å². The van der Waals surface area contributed by atoms with Crippen LogP contribution in [0, 0.1) is 5.41 Å². The van der Waals surface area contributed by atoms with E-state index in [2.05, 4.69) is 5.32 Å². The fourth-order valence-corrected chi connectivity index (χ4v) is 1.52. The first-order valence-corrected chi connectivity index (χ1v) is 4.60. The van der Waals surface area contributed by atoms with E-state index in [4.69, 9.17) is 5.73 Å². The van der Waals surface area contributed by atoms with Gasteiger partial charge in [-0.3, -0.25) is 9.59 Å². The van der Waals surface area contributed by atoms with Gasteiger partial charge < -0.3 is 11.1 Å². The van der Waals surface area contributed by atoms with Gasteiger partial charge in [-0.25, -0.2) is 0 Å². The lowest BCUT2D eigenvalue weighted by atomic mass is 9.67. The number of nitrogens with one attached hydrogen (secondary N) is 1. The fourth-order valence-electron chi connectivity index (χ4n) is 1.52. The van der Waals surface area contributed by atoms with E-state index in [9.17, 15) is 9.59 Å². The van der Waals surface area contributed by atoms with Gasteiger partial charge in [-0.1, -0.05) is 6.42 Å².